The molecule has 9 nitrogen and oxygen atoms in total. The van der Waals surface area contributed by atoms with Gasteiger partial charge in [-0.1, -0.05) is 374 Å². The molecule has 15 heteroatoms. The lowest BCUT2D eigenvalue weighted by atomic mass is 9.42. The fourth-order valence-corrected chi connectivity index (χ4v) is 27.1. The molecule has 0 unspecified atom stereocenters. The average Bonchev–Trinajstić information content (AvgIpc) is 1.55. The molecule has 0 spiro atoms. The molecule has 0 bridgehead atoms. The SMILES string of the molecule is c1ccc(B2c3ccc4c5c3-c3c(cccc3N(c3ccccc3)B5N(c3ccccc3)c3ccccc3-4)N2c2ccccc2)cc1.c1ccc(B2c3ccc4c5c3-c3c(cccc3N(c3ccccc3)B5n3c5ccccc5c5cccc-4c53)N2c2ccccc2)cc1.c1ccc(B2c3ccc4c5c3-c3c6c(cc7c8ccccc8n(c37)B5n3c5ccccc5c5cccc-4c53)c3ccccc3n62)cc1. The largest absolute Gasteiger partial charge is 0.422 e. The molecule has 34 rings (SSSR count). The minimum Gasteiger partial charge on any atom is -0.376 e. The van der Waals surface area contributed by atoms with E-state index in [2.05, 4.69) is 521 Å². The van der Waals surface area contributed by atoms with E-state index in [1.165, 1.54) is 260 Å². The minimum absolute atomic E-state index is 0.00282. The van der Waals surface area contributed by atoms with Crippen molar-refractivity contribution >= 4 is 235 Å². The predicted molar refractivity (Wildman–Crippen MR) is 599 cm³/mol. The van der Waals surface area contributed by atoms with Gasteiger partial charge in [0.2, 0.25) is 0 Å². The molecule has 0 saturated carbocycles. The first-order valence-electron chi connectivity index (χ1n) is 49.4. The smallest absolute Gasteiger partial charge is 0.376 e. The summed E-state index contributed by atoms with van der Waals surface area (Å²) in [4.78, 5) is 12.8. The lowest BCUT2D eigenvalue weighted by molar-refractivity contribution is 1.18. The highest BCUT2D eigenvalue weighted by Gasteiger charge is 2.55. The Labute approximate surface area is 816 Å². The second-order valence-corrected chi connectivity index (χ2v) is 38.9. The standard InChI is InChI=1S/C42H23B2N3.C42H27B2N3.C42H29B2N3/c1-2-11-24(12-3-1)43-33-22-21-28-30-17-10-16-29-25-13-4-8-19-35(25)46(40(29)30)44-39(28)37(33)38-41-31(26-14-5-7-18-34(26)45(41)43)23-32-27-15-6-9-20-36(27)47(44)42(32)38;1-4-14-28(15-5-1)43-35-27-26-32-34-22-12-21-33-31-20-10-11-23-36(31)47(42(33)34)44-41(32)39(35)40-37(45(43)29-16-6-2-7-17-29)24-13-25-38(40)46(44)30-18-8-3-9-19-30;1-5-16-30(17-6-1)43-36-29-28-35-34-24-13-14-25-37(34)46(32-20-9-3-10-21-32)44-42(35)40(36)41-38(45(43)31-18-7-2-8-19-31)26-15-27-39(41)47(44)33-22-11-4-12-23-33/h1-23H;1-27H;1-29H. The summed E-state index contributed by atoms with van der Waals surface area (Å²) < 4.78 is 10.7. The highest BCUT2D eigenvalue weighted by molar-refractivity contribution is 6.96. The van der Waals surface area contributed by atoms with Gasteiger partial charge in [-0.25, -0.2) is 0 Å². The number of rotatable bonds is 8. The molecule has 25 aromatic rings. The van der Waals surface area contributed by atoms with E-state index in [9.17, 15) is 0 Å². The number of hydrogen-bond acceptors (Lipinski definition) is 5. The van der Waals surface area contributed by atoms with Crippen LogP contribution in [0.1, 0.15) is 0 Å². The van der Waals surface area contributed by atoms with Crippen molar-refractivity contribution < 1.29 is 0 Å². The van der Waals surface area contributed by atoms with Crippen LogP contribution in [0.2, 0.25) is 0 Å². The van der Waals surface area contributed by atoms with E-state index in [1.807, 2.05) is 0 Å². The Morgan fingerprint density at radius 2 is 0.426 bits per heavy atom. The van der Waals surface area contributed by atoms with Gasteiger partial charge in [-0.3, -0.25) is 0 Å². The van der Waals surface area contributed by atoms with Gasteiger partial charge in [0, 0.05) is 177 Å². The number of fused-ring (bicyclic) bond motifs is 19. The first-order chi connectivity index (χ1) is 70.1. The molecule has 141 heavy (non-hydrogen) atoms. The zero-order valence-electron chi connectivity index (χ0n) is 76.6. The number of hydrogen-bond donors (Lipinski definition) is 0. The molecule has 646 valence electrons. The van der Waals surface area contributed by atoms with Gasteiger partial charge in [-0.15, -0.1) is 0 Å². The Balaban J connectivity index is 0.0000000954. The number of anilines is 10. The zero-order chi connectivity index (χ0) is 91.7. The summed E-state index contributed by atoms with van der Waals surface area (Å²) >= 11 is 0. The molecular weight excluding hydrogens is 1700 g/mol. The summed E-state index contributed by atoms with van der Waals surface area (Å²) in [6, 6.07) is 177. The summed E-state index contributed by atoms with van der Waals surface area (Å²) in [5, 5.41) is 10.6. The van der Waals surface area contributed by atoms with Crippen molar-refractivity contribution in [2.45, 2.75) is 0 Å². The maximum atomic E-state index is 2.70. The summed E-state index contributed by atoms with van der Waals surface area (Å²) in [5.41, 5.74) is 50.8. The Morgan fingerprint density at radius 3 is 0.872 bits per heavy atom. The second-order valence-electron chi connectivity index (χ2n) is 38.9. The molecule has 9 aliphatic heterocycles. The number of aromatic nitrogens is 4. The summed E-state index contributed by atoms with van der Waals surface area (Å²) in [6.07, 6.45) is 0. The van der Waals surface area contributed by atoms with Gasteiger partial charge < -0.3 is 42.0 Å². The third kappa shape index (κ3) is 10.4. The first-order valence-corrected chi connectivity index (χ1v) is 49.4. The molecule has 4 aromatic heterocycles. The van der Waals surface area contributed by atoms with Crippen molar-refractivity contribution in [2.24, 2.45) is 0 Å². The summed E-state index contributed by atoms with van der Waals surface area (Å²) in [5.74, 6) is 0. The number of nitrogens with zero attached hydrogens (tertiary/aromatic N) is 9. The monoisotopic (exact) mass is 1780 g/mol. The van der Waals surface area contributed by atoms with E-state index in [4.69, 9.17) is 0 Å². The average molecular weight is 1780 g/mol. The van der Waals surface area contributed by atoms with Crippen LogP contribution in [-0.4, -0.2) is 59.4 Å². The van der Waals surface area contributed by atoms with E-state index < -0.39 is 0 Å². The maximum absolute atomic E-state index is 2.70. The summed E-state index contributed by atoms with van der Waals surface area (Å²) in [6.45, 7) is -0.0581. The van der Waals surface area contributed by atoms with Crippen molar-refractivity contribution in [1.29, 1.82) is 0 Å². The lowest BCUT2D eigenvalue weighted by Gasteiger charge is -2.51. The van der Waals surface area contributed by atoms with Gasteiger partial charge in [-0.2, -0.15) is 0 Å². The van der Waals surface area contributed by atoms with Crippen LogP contribution in [-0.2, 0) is 0 Å². The fraction of sp³-hybridized carbons (Fsp3) is 0. The molecule has 0 amide bonds. The minimum atomic E-state index is -0.0953. The zero-order valence-corrected chi connectivity index (χ0v) is 76.6. The first kappa shape index (κ1) is 77.4. The van der Waals surface area contributed by atoms with Crippen LogP contribution in [0, 0.1) is 0 Å². The maximum Gasteiger partial charge on any atom is 0.422 e. The Bertz CT molecular complexity index is 9660. The second kappa shape index (κ2) is 29.4. The third-order valence-corrected chi connectivity index (χ3v) is 32.2. The Kier molecular flexibility index (Phi) is 16.1. The van der Waals surface area contributed by atoms with E-state index in [0.29, 0.717) is 0 Å². The highest BCUT2D eigenvalue weighted by Crippen LogP contribution is 2.58. The molecule has 21 aromatic carbocycles. The van der Waals surface area contributed by atoms with Crippen molar-refractivity contribution in [2.75, 3.05) is 24.1 Å². The molecule has 0 fully saturated rings. The van der Waals surface area contributed by atoms with Crippen LogP contribution in [0.15, 0.2) is 479 Å². The van der Waals surface area contributed by atoms with Crippen molar-refractivity contribution in [3.63, 3.8) is 0 Å². The highest BCUT2D eigenvalue weighted by atomic mass is 15.3. The molecular formula is C126H79B6N9. The van der Waals surface area contributed by atoms with Crippen molar-refractivity contribution in [1.82, 2.24) is 17.9 Å². The Hall–Kier alpha value is -17.8. The van der Waals surface area contributed by atoms with Crippen molar-refractivity contribution in [3.8, 4) is 66.8 Å². The van der Waals surface area contributed by atoms with Gasteiger partial charge in [0.05, 0.1) is 0 Å². The van der Waals surface area contributed by atoms with Crippen LogP contribution < -0.4 is 73.2 Å². The molecule has 0 N–H and O–H groups in total. The third-order valence-electron chi connectivity index (χ3n) is 32.2. The van der Waals surface area contributed by atoms with Crippen LogP contribution in [0.3, 0.4) is 0 Å². The number of para-hydroxylation sites is 12. The van der Waals surface area contributed by atoms with E-state index in [1.54, 1.807) is 0 Å². The van der Waals surface area contributed by atoms with Crippen LogP contribution in [0.4, 0.5) is 56.9 Å². The Morgan fingerprint density at radius 1 is 0.149 bits per heavy atom. The van der Waals surface area contributed by atoms with Gasteiger partial charge in [0.25, 0.3) is 0 Å². The van der Waals surface area contributed by atoms with Gasteiger partial charge >= 0.3 is 41.5 Å². The molecule has 13 heterocycles. The predicted octanol–water partition coefficient (Wildman–Crippen LogP) is 24.1. The molecule has 9 aliphatic rings. The van der Waals surface area contributed by atoms with Crippen molar-refractivity contribution in [3.05, 3.63) is 479 Å². The van der Waals surface area contributed by atoms with Gasteiger partial charge in [0.1, 0.15) is 0 Å². The van der Waals surface area contributed by atoms with Crippen LogP contribution >= 0.6 is 0 Å². The number of benzene rings is 21. The van der Waals surface area contributed by atoms with Gasteiger partial charge in [-0.05, 0) is 187 Å². The lowest BCUT2D eigenvalue weighted by Crippen LogP contribution is -2.66. The quantitative estimate of drug-likeness (QED) is 0.142. The molecule has 0 atom stereocenters. The van der Waals surface area contributed by atoms with E-state index in [0.717, 1.165) is 0 Å². The molecule has 0 radical (unpaired) electrons. The molecule has 0 saturated heterocycles. The summed E-state index contributed by atoms with van der Waals surface area (Å²) in [7, 11) is 0. The topological polar surface area (TPSA) is 35.9 Å². The van der Waals surface area contributed by atoms with Crippen LogP contribution in [0.25, 0.3) is 154 Å². The normalized spacial score (nSPS) is 13.8. The molecule has 0 aliphatic carbocycles. The van der Waals surface area contributed by atoms with Crippen LogP contribution in [0.5, 0.6) is 0 Å². The van der Waals surface area contributed by atoms with E-state index >= 15 is 0 Å². The fourth-order valence-electron chi connectivity index (χ4n) is 27.1. The van der Waals surface area contributed by atoms with Gasteiger partial charge in [0.15, 0.2) is 0 Å². The van der Waals surface area contributed by atoms with E-state index in [-0.39, 0.29) is 41.5 Å².